The lowest BCUT2D eigenvalue weighted by Gasteiger charge is -2.34. The Bertz CT molecular complexity index is 562. The molecule has 0 saturated carbocycles. The Labute approximate surface area is 143 Å². The minimum atomic E-state index is -0.0596. The van der Waals surface area contributed by atoms with Crippen LogP contribution in [0.25, 0.3) is 0 Å². The second-order valence-corrected chi connectivity index (χ2v) is 6.61. The van der Waals surface area contributed by atoms with E-state index in [9.17, 15) is 4.79 Å². The number of nitrogens with one attached hydrogen (secondary N) is 1. The van der Waals surface area contributed by atoms with Crippen LogP contribution in [-0.4, -0.2) is 73.3 Å². The molecule has 0 unspecified atom stereocenters. The second-order valence-electron chi connectivity index (χ2n) is 6.61. The molecule has 0 aliphatic carbocycles. The van der Waals surface area contributed by atoms with Crippen LogP contribution in [0.1, 0.15) is 18.5 Å². The second kappa shape index (κ2) is 7.90. The lowest BCUT2D eigenvalue weighted by Crippen LogP contribution is -2.45. The smallest absolute Gasteiger partial charge is 0.225 e. The number of ether oxygens (including phenoxy) is 1. The number of aryl methyl sites for hydroxylation is 1. The minimum Gasteiger partial charge on any atom is -0.381 e. The molecule has 2 aliphatic heterocycles. The third-order valence-electron chi connectivity index (χ3n) is 4.99. The van der Waals surface area contributed by atoms with Crippen LogP contribution in [0.4, 0.5) is 5.82 Å². The lowest BCUT2D eigenvalue weighted by atomic mass is 10.0. The van der Waals surface area contributed by atoms with Gasteiger partial charge in [-0.2, -0.15) is 0 Å². The topological polar surface area (TPSA) is 70.6 Å². The van der Waals surface area contributed by atoms with Gasteiger partial charge < -0.3 is 15.0 Å². The van der Waals surface area contributed by atoms with Gasteiger partial charge in [0.2, 0.25) is 5.91 Å². The molecule has 1 aromatic heterocycles. The first-order valence-electron chi connectivity index (χ1n) is 8.74. The van der Waals surface area contributed by atoms with Crippen molar-refractivity contribution in [2.24, 2.45) is 5.92 Å². The Morgan fingerprint density at radius 1 is 1.25 bits per heavy atom. The number of amides is 1. The summed E-state index contributed by atoms with van der Waals surface area (Å²) in [7, 11) is 1.71. The monoisotopic (exact) mass is 333 g/mol. The molecule has 2 fully saturated rings. The Hall–Kier alpha value is -1.73. The third kappa shape index (κ3) is 4.02. The number of aromatic nitrogens is 2. The maximum atomic E-state index is 12.4. The van der Waals surface area contributed by atoms with Crippen molar-refractivity contribution in [3.63, 3.8) is 0 Å². The van der Waals surface area contributed by atoms with Crippen LogP contribution >= 0.6 is 0 Å². The van der Waals surface area contributed by atoms with E-state index < -0.39 is 0 Å². The van der Waals surface area contributed by atoms with Crippen LogP contribution in [0.15, 0.2) is 12.4 Å². The molecule has 7 nitrogen and oxygen atoms in total. The number of hydrogen-bond donors (Lipinski definition) is 1. The highest BCUT2D eigenvalue weighted by Crippen LogP contribution is 2.22. The fourth-order valence-corrected chi connectivity index (χ4v) is 3.61. The van der Waals surface area contributed by atoms with Gasteiger partial charge in [0.1, 0.15) is 12.1 Å². The van der Waals surface area contributed by atoms with Crippen molar-refractivity contribution >= 4 is 11.7 Å². The van der Waals surface area contributed by atoms with Gasteiger partial charge >= 0.3 is 0 Å². The SMILES string of the molecule is CNC(=O)[C@@H]1CN(c2cc(C)ncn2)CCN(C2CCOCC2)C1. The number of carbonyl (C=O) groups is 1. The van der Waals surface area contributed by atoms with Crippen molar-refractivity contribution in [1.29, 1.82) is 0 Å². The number of anilines is 1. The summed E-state index contributed by atoms with van der Waals surface area (Å²) in [5, 5.41) is 2.82. The van der Waals surface area contributed by atoms with E-state index in [2.05, 4.69) is 25.1 Å². The molecule has 1 amide bonds. The first kappa shape index (κ1) is 17.1. The molecule has 3 heterocycles. The maximum absolute atomic E-state index is 12.4. The molecule has 1 aromatic rings. The summed E-state index contributed by atoms with van der Waals surface area (Å²) >= 11 is 0. The zero-order valence-corrected chi connectivity index (χ0v) is 14.6. The predicted molar refractivity (Wildman–Crippen MR) is 92.0 cm³/mol. The molecule has 0 aromatic carbocycles. The van der Waals surface area contributed by atoms with Crippen LogP contribution in [0.3, 0.4) is 0 Å². The van der Waals surface area contributed by atoms with Gasteiger partial charge in [0.15, 0.2) is 0 Å². The molecule has 3 rings (SSSR count). The quantitative estimate of drug-likeness (QED) is 0.866. The summed E-state index contributed by atoms with van der Waals surface area (Å²) in [4.78, 5) is 25.6. The van der Waals surface area contributed by atoms with Gasteiger partial charge in [0.25, 0.3) is 0 Å². The van der Waals surface area contributed by atoms with E-state index in [-0.39, 0.29) is 11.8 Å². The summed E-state index contributed by atoms with van der Waals surface area (Å²) in [6.45, 7) is 6.91. The van der Waals surface area contributed by atoms with Crippen molar-refractivity contribution < 1.29 is 9.53 Å². The minimum absolute atomic E-state index is 0.0596. The van der Waals surface area contributed by atoms with Crippen molar-refractivity contribution in [2.45, 2.75) is 25.8 Å². The molecule has 1 atom stereocenters. The van der Waals surface area contributed by atoms with Gasteiger partial charge in [-0.3, -0.25) is 9.69 Å². The van der Waals surface area contributed by atoms with Gasteiger partial charge in [-0.05, 0) is 19.8 Å². The normalized spacial score (nSPS) is 23.8. The molecule has 7 heteroatoms. The summed E-state index contributed by atoms with van der Waals surface area (Å²) in [6.07, 6.45) is 3.70. The lowest BCUT2D eigenvalue weighted by molar-refractivity contribution is -0.124. The molecule has 1 N–H and O–H groups in total. The van der Waals surface area contributed by atoms with E-state index >= 15 is 0 Å². The average molecular weight is 333 g/mol. The molecule has 132 valence electrons. The Morgan fingerprint density at radius 3 is 2.75 bits per heavy atom. The summed E-state index contributed by atoms with van der Waals surface area (Å²) in [5.74, 6) is 0.950. The Kier molecular flexibility index (Phi) is 5.63. The predicted octanol–water partition coefficient (Wildman–Crippen LogP) is 0.448. The van der Waals surface area contributed by atoms with Crippen molar-refractivity contribution in [3.8, 4) is 0 Å². The standard InChI is InChI=1S/C17H27N5O2/c1-13-9-16(20-12-19-13)22-6-5-21(15-3-7-24-8-4-15)10-14(11-22)17(23)18-2/h9,12,14-15H,3-8,10-11H2,1-2H3,(H,18,23)/t14-/m0/s1. The first-order valence-corrected chi connectivity index (χ1v) is 8.74. The van der Waals surface area contributed by atoms with Gasteiger partial charge in [-0.15, -0.1) is 0 Å². The number of carbonyl (C=O) groups excluding carboxylic acids is 1. The highest BCUT2D eigenvalue weighted by Gasteiger charge is 2.32. The van der Waals surface area contributed by atoms with Gasteiger partial charge in [-0.25, -0.2) is 9.97 Å². The average Bonchev–Trinajstić information content (AvgIpc) is 2.85. The molecular weight excluding hydrogens is 306 g/mol. The third-order valence-corrected chi connectivity index (χ3v) is 4.99. The summed E-state index contributed by atoms with van der Waals surface area (Å²) < 4.78 is 5.49. The zero-order chi connectivity index (χ0) is 16.9. The van der Waals surface area contributed by atoms with Gasteiger partial charge in [0, 0.05) is 64.2 Å². The number of nitrogens with zero attached hydrogens (tertiary/aromatic N) is 4. The van der Waals surface area contributed by atoms with Crippen molar-refractivity contribution in [3.05, 3.63) is 18.1 Å². The Balaban J connectivity index is 1.77. The summed E-state index contributed by atoms with van der Waals surface area (Å²) in [5.41, 5.74) is 0.946. The number of rotatable bonds is 3. The van der Waals surface area contributed by atoms with E-state index in [0.29, 0.717) is 12.6 Å². The van der Waals surface area contributed by atoms with Crippen molar-refractivity contribution in [1.82, 2.24) is 20.2 Å². The molecule has 2 saturated heterocycles. The summed E-state index contributed by atoms with van der Waals surface area (Å²) in [6, 6.07) is 2.50. The van der Waals surface area contributed by atoms with E-state index in [1.807, 2.05) is 13.0 Å². The maximum Gasteiger partial charge on any atom is 0.225 e. The van der Waals surface area contributed by atoms with E-state index in [1.54, 1.807) is 13.4 Å². The fourth-order valence-electron chi connectivity index (χ4n) is 3.61. The largest absolute Gasteiger partial charge is 0.381 e. The Morgan fingerprint density at radius 2 is 2.04 bits per heavy atom. The van der Waals surface area contributed by atoms with Crippen LogP contribution in [-0.2, 0) is 9.53 Å². The molecule has 24 heavy (non-hydrogen) atoms. The first-order chi connectivity index (χ1) is 11.7. The van der Waals surface area contributed by atoms with Gasteiger partial charge in [-0.1, -0.05) is 0 Å². The van der Waals surface area contributed by atoms with Crippen molar-refractivity contribution in [2.75, 3.05) is 51.3 Å². The highest BCUT2D eigenvalue weighted by atomic mass is 16.5. The molecule has 0 radical (unpaired) electrons. The van der Waals surface area contributed by atoms with Crippen LogP contribution < -0.4 is 10.2 Å². The zero-order valence-electron chi connectivity index (χ0n) is 14.6. The highest BCUT2D eigenvalue weighted by molar-refractivity contribution is 5.79. The fraction of sp³-hybridized carbons (Fsp3) is 0.706. The molecular formula is C17H27N5O2. The molecule has 0 bridgehead atoms. The molecule has 0 spiro atoms. The van der Waals surface area contributed by atoms with Gasteiger partial charge in [0.05, 0.1) is 5.92 Å². The number of hydrogen-bond acceptors (Lipinski definition) is 6. The van der Waals surface area contributed by atoms with Crippen LogP contribution in [0.5, 0.6) is 0 Å². The van der Waals surface area contributed by atoms with E-state index in [1.165, 1.54) is 0 Å². The van der Waals surface area contributed by atoms with E-state index in [0.717, 1.165) is 57.2 Å². The van der Waals surface area contributed by atoms with E-state index in [4.69, 9.17) is 4.74 Å². The molecule has 2 aliphatic rings. The van der Waals surface area contributed by atoms with Crippen LogP contribution in [0.2, 0.25) is 0 Å². The van der Waals surface area contributed by atoms with Crippen LogP contribution in [0, 0.1) is 12.8 Å².